The van der Waals surface area contributed by atoms with Crippen molar-refractivity contribution in [1.82, 2.24) is 5.32 Å². The summed E-state index contributed by atoms with van der Waals surface area (Å²) >= 11 is 0. The Hall–Kier alpha value is -1.06. The van der Waals surface area contributed by atoms with Gasteiger partial charge in [-0.05, 0) is 24.8 Å². The summed E-state index contributed by atoms with van der Waals surface area (Å²) in [4.78, 5) is 0. The Kier molecular flexibility index (Phi) is 6.32. The maximum Gasteiger partial charge on any atom is 0.123 e. The van der Waals surface area contributed by atoms with E-state index in [0.29, 0.717) is 6.61 Å². The lowest BCUT2D eigenvalue weighted by Crippen LogP contribution is -2.40. The van der Waals surface area contributed by atoms with Crippen LogP contribution in [0.4, 0.5) is 0 Å². The van der Waals surface area contributed by atoms with E-state index in [0.717, 1.165) is 24.3 Å². The summed E-state index contributed by atoms with van der Waals surface area (Å²) in [6, 6.07) is 8.38. The van der Waals surface area contributed by atoms with Gasteiger partial charge in [0.2, 0.25) is 0 Å². The van der Waals surface area contributed by atoms with Gasteiger partial charge in [-0.1, -0.05) is 39.0 Å². The van der Waals surface area contributed by atoms with Crippen LogP contribution in [0.3, 0.4) is 0 Å². The fourth-order valence-corrected chi connectivity index (χ4v) is 2.15. The van der Waals surface area contributed by atoms with Crippen LogP contribution in [0.15, 0.2) is 24.3 Å². The number of hydrogen-bond donors (Lipinski definition) is 2. The molecule has 19 heavy (non-hydrogen) atoms. The van der Waals surface area contributed by atoms with E-state index in [1.54, 1.807) is 0 Å². The molecule has 0 bridgehead atoms. The molecule has 1 unspecified atom stereocenters. The van der Waals surface area contributed by atoms with Crippen molar-refractivity contribution in [3.05, 3.63) is 29.8 Å². The van der Waals surface area contributed by atoms with Crippen molar-refractivity contribution in [1.29, 1.82) is 0 Å². The zero-order valence-corrected chi connectivity index (χ0v) is 12.6. The Morgan fingerprint density at radius 2 is 1.95 bits per heavy atom. The van der Waals surface area contributed by atoms with Crippen LogP contribution in [0.1, 0.15) is 39.7 Å². The summed E-state index contributed by atoms with van der Waals surface area (Å²) in [6.07, 6.45) is 0.764. The van der Waals surface area contributed by atoms with Gasteiger partial charge in [0.05, 0.1) is 6.61 Å². The van der Waals surface area contributed by atoms with E-state index in [-0.39, 0.29) is 18.1 Å². The second-order valence-electron chi connectivity index (χ2n) is 5.85. The van der Waals surface area contributed by atoms with E-state index < -0.39 is 0 Å². The maximum atomic E-state index is 9.17. The van der Waals surface area contributed by atoms with Crippen molar-refractivity contribution in [2.24, 2.45) is 5.41 Å². The molecule has 3 nitrogen and oxygen atoms in total. The standard InChI is InChI=1S/C16H27NO2/c1-5-19-14-9-7-6-8-13(14)12-17-15(10-11-18)16(2,3)4/h6-9,15,17-18H,5,10-12H2,1-4H3. The molecule has 0 saturated carbocycles. The normalized spacial score (nSPS) is 13.3. The second-order valence-corrected chi connectivity index (χ2v) is 5.85. The number of aliphatic hydroxyl groups is 1. The van der Waals surface area contributed by atoms with Gasteiger partial charge in [0.1, 0.15) is 5.75 Å². The lowest BCUT2D eigenvalue weighted by Gasteiger charge is -2.31. The first kappa shape index (κ1) is 16.0. The van der Waals surface area contributed by atoms with Crippen LogP contribution < -0.4 is 10.1 Å². The van der Waals surface area contributed by atoms with Gasteiger partial charge in [0, 0.05) is 24.8 Å². The van der Waals surface area contributed by atoms with Crippen LogP contribution in [0.25, 0.3) is 0 Å². The Morgan fingerprint density at radius 3 is 2.53 bits per heavy atom. The molecular weight excluding hydrogens is 238 g/mol. The van der Waals surface area contributed by atoms with Crippen LogP contribution in [0.5, 0.6) is 5.75 Å². The molecule has 1 aromatic carbocycles. The minimum absolute atomic E-state index is 0.128. The fourth-order valence-electron chi connectivity index (χ4n) is 2.15. The molecular formula is C16H27NO2. The van der Waals surface area contributed by atoms with Crippen molar-refractivity contribution in [3.63, 3.8) is 0 Å². The van der Waals surface area contributed by atoms with Gasteiger partial charge in [0.25, 0.3) is 0 Å². The van der Waals surface area contributed by atoms with Crippen LogP contribution in [-0.4, -0.2) is 24.4 Å². The largest absolute Gasteiger partial charge is 0.494 e. The SMILES string of the molecule is CCOc1ccccc1CNC(CCO)C(C)(C)C. The molecule has 0 aliphatic rings. The summed E-state index contributed by atoms with van der Waals surface area (Å²) < 4.78 is 5.63. The molecule has 1 rings (SSSR count). The lowest BCUT2D eigenvalue weighted by molar-refractivity contribution is 0.196. The highest BCUT2D eigenvalue weighted by Crippen LogP contribution is 2.23. The van der Waals surface area contributed by atoms with Crippen molar-refractivity contribution < 1.29 is 9.84 Å². The van der Waals surface area contributed by atoms with Crippen molar-refractivity contribution in [2.75, 3.05) is 13.2 Å². The third-order valence-electron chi connectivity index (χ3n) is 3.27. The molecule has 0 spiro atoms. The van der Waals surface area contributed by atoms with Crippen molar-refractivity contribution in [3.8, 4) is 5.75 Å². The number of para-hydroxylation sites is 1. The number of rotatable bonds is 7. The molecule has 0 saturated heterocycles. The summed E-state index contributed by atoms with van der Waals surface area (Å²) in [7, 11) is 0. The summed E-state index contributed by atoms with van der Waals surface area (Å²) in [6.45, 7) is 10.2. The Balaban J connectivity index is 2.68. The Labute approximate surface area is 117 Å². The van der Waals surface area contributed by atoms with Crippen LogP contribution in [0, 0.1) is 5.41 Å². The molecule has 0 aliphatic heterocycles. The molecule has 0 fully saturated rings. The van der Waals surface area contributed by atoms with E-state index in [2.05, 4.69) is 32.2 Å². The first-order chi connectivity index (χ1) is 8.99. The zero-order valence-electron chi connectivity index (χ0n) is 12.6. The van der Waals surface area contributed by atoms with Gasteiger partial charge in [-0.25, -0.2) is 0 Å². The Bertz CT molecular complexity index is 371. The van der Waals surface area contributed by atoms with Gasteiger partial charge in [0.15, 0.2) is 0 Å². The Morgan fingerprint density at radius 1 is 1.26 bits per heavy atom. The fraction of sp³-hybridized carbons (Fsp3) is 0.625. The van der Waals surface area contributed by atoms with E-state index in [1.165, 1.54) is 0 Å². The highest BCUT2D eigenvalue weighted by Gasteiger charge is 2.23. The van der Waals surface area contributed by atoms with E-state index >= 15 is 0 Å². The first-order valence-corrected chi connectivity index (χ1v) is 7.04. The lowest BCUT2D eigenvalue weighted by atomic mass is 9.85. The van der Waals surface area contributed by atoms with E-state index in [4.69, 9.17) is 4.74 Å². The number of ether oxygens (including phenoxy) is 1. The van der Waals surface area contributed by atoms with Crippen molar-refractivity contribution in [2.45, 2.75) is 46.7 Å². The predicted octanol–water partition coefficient (Wildman–Crippen LogP) is 2.97. The molecule has 0 radical (unpaired) electrons. The summed E-state index contributed by atoms with van der Waals surface area (Å²) in [5.41, 5.74) is 1.29. The minimum atomic E-state index is 0.128. The molecule has 108 valence electrons. The van der Waals surface area contributed by atoms with Gasteiger partial charge >= 0.3 is 0 Å². The number of hydrogen-bond acceptors (Lipinski definition) is 3. The molecule has 0 amide bonds. The number of benzene rings is 1. The number of aliphatic hydroxyl groups excluding tert-OH is 1. The van der Waals surface area contributed by atoms with Gasteiger partial charge in [-0.3, -0.25) is 0 Å². The third kappa shape index (κ3) is 5.21. The molecule has 1 aromatic rings. The van der Waals surface area contributed by atoms with Crippen molar-refractivity contribution >= 4 is 0 Å². The van der Waals surface area contributed by atoms with Crippen LogP contribution in [-0.2, 0) is 6.54 Å². The zero-order chi connectivity index (χ0) is 14.3. The van der Waals surface area contributed by atoms with E-state index in [9.17, 15) is 5.11 Å². The van der Waals surface area contributed by atoms with Crippen LogP contribution >= 0.6 is 0 Å². The second kappa shape index (κ2) is 7.51. The smallest absolute Gasteiger partial charge is 0.123 e. The minimum Gasteiger partial charge on any atom is -0.494 e. The summed E-state index contributed by atoms with van der Waals surface area (Å²) in [5.74, 6) is 0.939. The molecule has 2 N–H and O–H groups in total. The maximum absolute atomic E-state index is 9.17. The third-order valence-corrected chi connectivity index (χ3v) is 3.27. The summed E-state index contributed by atoms with van der Waals surface area (Å²) in [5, 5.41) is 12.7. The van der Waals surface area contributed by atoms with Gasteiger partial charge in [-0.2, -0.15) is 0 Å². The van der Waals surface area contributed by atoms with Crippen LogP contribution in [0.2, 0.25) is 0 Å². The number of nitrogens with one attached hydrogen (secondary N) is 1. The average molecular weight is 265 g/mol. The predicted molar refractivity (Wildman–Crippen MR) is 79.4 cm³/mol. The average Bonchev–Trinajstić information content (AvgIpc) is 2.35. The first-order valence-electron chi connectivity index (χ1n) is 7.04. The monoisotopic (exact) mass is 265 g/mol. The van der Waals surface area contributed by atoms with E-state index in [1.807, 2.05) is 25.1 Å². The molecule has 0 aliphatic carbocycles. The van der Waals surface area contributed by atoms with Gasteiger partial charge < -0.3 is 15.2 Å². The molecule has 1 atom stereocenters. The topological polar surface area (TPSA) is 41.5 Å². The molecule has 0 aromatic heterocycles. The molecule has 3 heteroatoms. The van der Waals surface area contributed by atoms with Gasteiger partial charge in [-0.15, -0.1) is 0 Å². The highest BCUT2D eigenvalue weighted by atomic mass is 16.5. The quantitative estimate of drug-likeness (QED) is 0.796. The molecule has 0 heterocycles. The highest BCUT2D eigenvalue weighted by molar-refractivity contribution is 5.33.